The fourth-order valence-electron chi connectivity index (χ4n) is 3.90. The van der Waals surface area contributed by atoms with E-state index >= 15 is 0 Å². The summed E-state index contributed by atoms with van der Waals surface area (Å²) >= 11 is 1.52. The molecule has 0 spiro atoms. The first kappa shape index (κ1) is 19.5. The van der Waals surface area contributed by atoms with Gasteiger partial charge in [-0.15, -0.1) is 11.3 Å². The second kappa shape index (κ2) is 7.91. The van der Waals surface area contributed by atoms with Gasteiger partial charge in [-0.3, -0.25) is 9.59 Å². The van der Waals surface area contributed by atoms with Crippen LogP contribution in [-0.2, 0) is 6.54 Å². The van der Waals surface area contributed by atoms with Gasteiger partial charge in [-0.1, -0.05) is 6.07 Å². The van der Waals surface area contributed by atoms with E-state index in [-0.39, 0.29) is 11.5 Å². The molecule has 0 bridgehead atoms. The number of anilines is 1. The molecule has 6 nitrogen and oxygen atoms in total. The molecule has 7 heteroatoms. The minimum Gasteiger partial charge on any atom is -0.497 e. The van der Waals surface area contributed by atoms with Gasteiger partial charge < -0.3 is 19.1 Å². The quantitative estimate of drug-likeness (QED) is 0.661. The maximum atomic E-state index is 13.3. The zero-order valence-electron chi connectivity index (χ0n) is 17.0. The van der Waals surface area contributed by atoms with Crippen LogP contribution >= 0.6 is 11.3 Å². The van der Waals surface area contributed by atoms with E-state index < -0.39 is 0 Å². The number of carbonyl (C=O) groups is 1. The van der Waals surface area contributed by atoms with Gasteiger partial charge in [-0.2, -0.15) is 0 Å². The number of aromatic nitrogens is 1. The van der Waals surface area contributed by atoms with Crippen molar-refractivity contribution in [2.45, 2.75) is 20.4 Å². The number of rotatable bonds is 4. The zero-order chi connectivity index (χ0) is 20.5. The summed E-state index contributed by atoms with van der Waals surface area (Å²) in [5.74, 6) is 0.790. The van der Waals surface area contributed by atoms with Gasteiger partial charge in [0.05, 0.1) is 18.1 Å². The van der Waals surface area contributed by atoms with Gasteiger partial charge in [0, 0.05) is 60.3 Å². The average molecular weight is 412 g/mol. The van der Waals surface area contributed by atoms with Gasteiger partial charge in [0.2, 0.25) is 0 Å². The Hall–Kier alpha value is -2.80. The summed E-state index contributed by atoms with van der Waals surface area (Å²) in [4.78, 5) is 31.2. The molecule has 152 valence electrons. The molecule has 0 radical (unpaired) electrons. The molecule has 1 amide bonds. The van der Waals surface area contributed by atoms with Crippen LogP contribution in [0.2, 0.25) is 0 Å². The summed E-state index contributed by atoms with van der Waals surface area (Å²) in [5.41, 5.74) is 1.60. The molecule has 1 aromatic carbocycles. The number of thiophene rings is 1. The highest BCUT2D eigenvalue weighted by atomic mass is 32.1. The largest absolute Gasteiger partial charge is 0.497 e. The summed E-state index contributed by atoms with van der Waals surface area (Å²) in [5, 5.41) is 0.567. The van der Waals surface area contributed by atoms with Gasteiger partial charge in [-0.25, -0.2) is 0 Å². The van der Waals surface area contributed by atoms with Crippen molar-refractivity contribution in [2.24, 2.45) is 0 Å². The number of pyridine rings is 1. The Morgan fingerprint density at radius 2 is 1.93 bits per heavy atom. The minimum atomic E-state index is -0.0762. The van der Waals surface area contributed by atoms with Crippen LogP contribution in [0.5, 0.6) is 5.75 Å². The van der Waals surface area contributed by atoms with Crippen molar-refractivity contribution in [2.75, 3.05) is 38.2 Å². The standard InChI is InChI=1S/C22H25N3O3S/c1-4-23-9-8-18-20(22(23)27)19(15(2)29-18)21(26)25-12-10-24(11-13-25)16-6-5-7-17(14-16)28-3/h5-9,14H,4,10-13H2,1-3H3. The van der Waals surface area contributed by atoms with Crippen LogP contribution in [0, 0.1) is 6.92 Å². The molecule has 0 N–H and O–H groups in total. The van der Waals surface area contributed by atoms with Gasteiger partial charge >= 0.3 is 0 Å². The molecule has 0 aliphatic carbocycles. The Kier molecular flexibility index (Phi) is 5.32. The molecule has 1 aliphatic rings. The van der Waals surface area contributed by atoms with E-state index in [0.717, 1.165) is 34.1 Å². The molecule has 29 heavy (non-hydrogen) atoms. The number of hydrogen-bond donors (Lipinski definition) is 0. The Bertz CT molecular complexity index is 1110. The van der Waals surface area contributed by atoms with E-state index in [4.69, 9.17) is 4.74 Å². The lowest BCUT2D eigenvalue weighted by atomic mass is 10.1. The number of ether oxygens (including phenoxy) is 1. The Morgan fingerprint density at radius 3 is 2.62 bits per heavy atom. The van der Waals surface area contributed by atoms with E-state index in [1.54, 1.807) is 11.7 Å². The molecule has 1 aliphatic heterocycles. The van der Waals surface area contributed by atoms with Crippen molar-refractivity contribution < 1.29 is 9.53 Å². The molecule has 0 unspecified atom stereocenters. The molecule has 1 saturated heterocycles. The number of benzene rings is 1. The fraction of sp³-hybridized carbons (Fsp3) is 0.364. The molecule has 3 heterocycles. The van der Waals surface area contributed by atoms with Gasteiger partial charge in [0.25, 0.3) is 11.5 Å². The summed E-state index contributed by atoms with van der Waals surface area (Å²) in [6.45, 7) is 7.21. The van der Waals surface area contributed by atoms with Crippen LogP contribution in [0.4, 0.5) is 5.69 Å². The first-order valence-corrected chi connectivity index (χ1v) is 10.7. The van der Waals surface area contributed by atoms with E-state index in [0.29, 0.717) is 30.6 Å². The first-order chi connectivity index (χ1) is 14.0. The van der Waals surface area contributed by atoms with Crippen LogP contribution in [0.1, 0.15) is 22.2 Å². The monoisotopic (exact) mass is 411 g/mol. The van der Waals surface area contributed by atoms with Crippen molar-refractivity contribution in [1.82, 2.24) is 9.47 Å². The maximum Gasteiger partial charge on any atom is 0.260 e. The molecule has 2 aromatic heterocycles. The minimum absolute atomic E-state index is 0.0370. The first-order valence-electron chi connectivity index (χ1n) is 9.84. The van der Waals surface area contributed by atoms with Gasteiger partial charge in [0.15, 0.2) is 0 Å². The fourth-order valence-corrected chi connectivity index (χ4v) is 4.95. The number of amides is 1. The molecule has 0 atom stereocenters. The second-order valence-corrected chi connectivity index (χ2v) is 8.42. The number of aryl methyl sites for hydroxylation is 2. The Morgan fingerprint density at radius 1 is 1.17 bits per heavy atom. The lowest BCUT2D eigenvalue weighted by Gasteiger charge is -2.36. The third-order valence-corrected chi connectivity index (χ3v) is 6.60. The molecular weight excluding hydrogens is 386 g/mol. The van der Waals surface area contributed by atoms with Crippen molar-refractivity contribution in [3.63, 3.8) is 0 Å². The summed E-state index contributed by atoms with van der Waals surface area (Å²) < 4.78 is 7.86. The highest BCUT2D eigenvalue weighted by Crippen LogP contribution is 2.30. The smallest absolute Gasteiger partial charge is 0.260 e. The van der Waals surface area contributed by atoms with Crippen LogP contribution in [-0.4, -0.2) is 48.7 Å². The van der Waals surface area contributed by atoms with Crippen LogP contribution < -0.4 is 15.2 Å². The number of fused-ring (bicyclic) bond motifs is 1. The highest BCUT2D eigenvalue weighted by molar-refractivity contribution is 7.19. The van der Waals surface area contributed by atoms with Crippen LogP contribution in [0.25, 0.3) is 10.1 Å². The van der Waals surface area contributed by atoms with Crippen molar-refractivity contribution in [3.8, 4) is 5.75 Å². The highest BCUT2D eigenvalue weighted by Gasteiger charge is 2.27. The second-order valence-electron chi connectivity index (χ2n) is 7.16. The van der Waals surface area contributed by atoms with Crippen molar-refractivity contribution in [1.29, 1.82) is 0 Å². The Balaban J connectivity index is 1.57. The predicted molar refractivity (Wildman–Crippen MR) is 118 cm³/mol. The number of hydrogen-bond acceptors (Lipinski definition) is 5. The zero-order valence-corrected chi connectivity index (χ0v) is 17.8. The van der Waals surface area contributed by atoms with Crippen molar-refractivity contribution in [3.05, 3.63) is 57.3 Å². The third kappa shape index (κ3) is 3.51. The number of nitrogens with zero attached hydrogens (tertiary/aromatic N) is 3. The topological polar surface area (TPSA) is 54.8 Å². The molecular formula is C22H25N3O3S. The molecule has 1 fully saturated rings. The lowest BCUT2D eigenvalue weighted by Crippen LogP contribution is -2.49. The number of methoxy groups -OCH3 is 1. The normalized spacial score (nSPS) is 14.4. The maximum absolute atomic E-state index is 13.3. The number of piperazine rings is 1. The van der Waals surface area contributed by atoms with E-state index in [2.05, 4.69) is 11.0 Å². The van der Waals surface area contributed by atoms with Crippen molar-refractivity contribution >= 4 is 33.0 Å². The Labute approximate surface area is 173 Å². The molecule has 4 rings (SSSR count). The summed E-state index contributed by atoms with van der Waals surface area (Å²) in [6, 6.07) is 9.92. The van der Waals surface area contributed by atoms with Gasteiger partial charge in [0.1, 0.15) is 5.75 Å². The van der Waals surface area contributed by atoms with E-state index in [1.165, 1.54) is 11.3 Å². The lowest BCUT2D eigenvalue weighted by molar-refractivity contribution is 0.0748. The summed E-state index contributed by atoms with van der Waals surface area (Å²) in [7, 11) is 1.66. The SMILES string of the molecule is CCn1ccc2sc(C)c(C(=O)N3CCN(c4cccc(OC)c4)CC3)c2c1=O. The number of carbonyl (C=O) groups excluding carboxylic acids is 1. The molecule has 3 aromatic rings. The predicted octanol–water partition coefficient (Wildman–Crippen LogP) is 3.36. The van der Waals surface area contributed by atoms with E-state index in [1.807, 2.05) is 49.2 Å². The van der Waals surface area contributed by atoms with Crippen LogP contribution in [0.3, 0.4) is 0 Å². The van der Waals surface area contributed by atoms with Crippen LogP contribution in [0.15, 0.2) is 41.3 Å². The molecule has 0 saturated carbocycles. The average Bonchev–Trinajstić information content (AvgIpc) is 3.10. The third-order valence-electron chi connectivity index (χ3n) is 5.53. The van der Waals surface area contributed by atoms with Gasteiger partial charge in [-0.05, 0) is 32.0 Å². The summed E-state index contributed by atoms with van der Waals surface area (Å²) in [6.07, 6.45) is 1.81. The van der Waals surface area contributed by atoms with E-state index in [9.17, 15) is 9.59 Å².